The van der Waals surface area contributed by atoms with Gasteiger partial charge in [0.15, 0.2) is 6.29 Å². The highest BCUT2D eigenvalue weighted by atomic mass is 32.2. The van der Waals surface area contributed by atoms with Gasteiger partial charge in [-0.05, 0) is 38.7 Å². The van der Waals surface area contributed by atoms with E-state index in [-0.39, 0.29) is 11.3 Å². The van der Waals surface area contributed by atoms with Gasteiger partial charge in [-0.25, -0.2) is 12.7 Å². The van der Waals surface area contributed by atoms with Crippen molar-refractivity contribution < 1.29 is 8.42 Å². The van der Waals surface area contributed by atoms with E-state index in [0.29, 0.717) is 13.1 Å². The minimum atomic E-state index is -3.08. The van der Waals surface area contributed by atoms with Gasteiger partial charge in [0.05, 0.1) is 17.1 Å². The largest absolute Gasteiger partial charge is 0.333 e. The van der Waals surface area contributed by atoms with Crippen LogP contribution in [0.3, 0.4) is 0 Å². The highest BCUT2D eigenvalue weighted by Crippen LogP contribution is 2.34. The molecule has 2 N–H and O–H groups in total. The van der Waals surface area contributed by atoms with E-state index in [0.717, 1.165) is 42.6 Å². The van der Waals surface area contributed by atoms with Gasteiger partial charge in [-0.3, -0.25) is 15.7 Å². The van der Waals surface area contributed by atoms with Crippen molar-refractivity contribution in [1.82, 2.24) is 9.29 Å². The molecule has 1 atom stereocenters. The number of hydrogen-bond acceptors (Lipinski definition) is 6. The molecule has 1 aliphatic carbocycles. The van der Waals surface area contributed by atoms with Crippen LogP contribution in [0.15, 0.2) is 17.3 Å². The van der Waals surface area contributed by atoms with Gasteiger partial charge in [-0.2, -0.15) is 0 Å². The Kier molecular flexibility index (Phi) is 3.85. The maximum atomic E-state index is 12.4. The van der Waals surface area contributed by atoms with E-state index in [1.54, 1.807) is 10.5 Å². The lowest BCUT2D eigenvalue weighted by Gasteiger charge is -2.42. The van der Waals surface area contributed by atoms with Crippen molar-refractivity contribution >= 4 is 21.9 Å². The third-order valence-electron chi connectivity index (χ3n) is 5.10. The van der Waals surface area contributed by atoms with E-state index >= 15 is 0 Å². The number of hydrogen-bond donors (Lipinski definition) is 1. The summed E-state index contributed by atoms with van der Waals surface area (Å²) < 4.78 is 26.4. The Bertz CT molecular complexity index is 767. The number of fused-ring (bicyclic) bond motifs is 1. The fourth-order valence-electron chi connectivity index (χ4n) is 3.63. The Hall–Kier alpha value is -1.51. The maximum Gasteiger partial charge on any atom is 0.216 e. The standard InChI is InChI=1S/C16H23N5O2S/c1-11-8-12-9-19-16(17)21(15(12)10-18-11)13-4-6-20(7-5-13)24(22,23)14-2-3-14/h8-10,13-14,16H,2-7,17H2,1H3. The van der Waals surface area contributed by atoms with Crippen LogP contribution in [0.25, 0.3) is 0 Å². The molecule has 2 fully saturated rings. The van der Waals surface area contributed by atoms with E-state index in [1.807, 2.05) is 19.2 Å². The molecular formula is C16H23N5O2S. The van der Waals surface area contributed by atoms with Gasteiger partial charge < -0.3 is 4.90 Å². The zero-order valence-corrected chi connectivity index (χ0v) is 14.6. The second kappa shape index (κ2) is 5.79. The van der Waals surface area contributed by atoms with Crippen molar-refractivity contribution in [3.05, 3.63) is 23.5 Å². The van der Waals surface area contributed by atoms with Crippen LogP contribution in [-0.2, 0) is 10.0 Å². The molecule has 1 aromatic rings. The van der Waals surface area contributed by atoms with E-state index < -0.39 is 16.3 Å². The highest BCUT2D eigenvalue weighted by molar-refractivity contribution is 7.90. The second-order valence-corrected chi connectivity index (χ2v) is 9.07. The molecule has 2 aliphatic heterocycles. The molecule has 130 valence electrons. The molecule has 1 saturated carbocycles. The zero-order valence-electron chi connectivity index (χ0n) is 13.8. The molecule has 0 aromatic carbocycles. The monoisotopic (exact) mass is 349 g/mol. The number of pyridine rings is 1. The molecule has 0 amide bonds. The number of aryl methyl sites for hydroxylation is 1. The van der Waals surface area contributed by atoms with Crippen LogP contribution in [0, 0.1) is 6.92 Å². The fourth-order valence-corrected chi connectivity index (χ4v) is 5.50. The number of sulfonamides is 1. The number of aromatic nitrogens is 1. The summed E-state index contributed by atoms with van der Waals surface area (Å²) in [5.41, 5.74) is 9.17. The summed E-state index contributed by atoms with van der Waals surface area (Å²) in [5.74, 6) is 0. The molecule has 3 heterocycles. The molecule has 24 heavy (non-hydrogen) atoms. The summed E-state index contributed by atoms with van der Waals surface area (Å²) in [6.45, 7) is 3.07. The molecular weight excluding hydrogens is 326 g/mol. The average molecular weight is 349 g/mol. The Morgan fingerprint density at radius 2 is 1.92 bits per heavy atom. The Balaban J connectivity index is 1.52. The van der Waals surface area contributed by atoms with E-state index in [9.17, 15) is 8.42 Å². The topological polar surface area (TPSA) is 91.9 Å². The molecule has 8 heteroatoms. The molecule has 0 radical (unpaired) electrons. The highest BCUT2D eigenvalue weighted by Gasteiger charge is 2.42. The van der Waals surface area contributed by atoms with Crippen LogP contribution in [0.4, 0.5) is 5.69 Å². The Morgan fingerprint density at radius 3 is 2.58 bits per heavy atom. The third-order valence-corrected chi connectivity index (χ3v) is 7.50. The Labute approximate surface area is 142 Å². The van der Waals surface area contributed by atoms with Gasteiger partial charge in [0.1, 0.15) is 0 Å². The maximum absolute atomic E-state index is 12.4. The lowest BCUT2D eigenvalue weighted by molar-refractivity contribution is 0.300. The fraction of sp³-hybridized carbons (Fsp3) is 0.625. The number of anilines is 1. The molecule has 0 bridgehead atoms. The number of nitrogens with two attached hydrogens (primary N) is 1. The predicted molar refractivity (Wildman–Crippen MR) is 93.6 cm³/mol. The number of piperidine rings is 1. The molecule has 1 saturated heterocycles. The van der Waals surface area contributed by atoms with Gasteiger partial charge in [-0.15, -0.1) is 0 Å². The molecule has 1 aromatic heterocycles. The third kappa shape index (κ3) is 2.72. The first-order valence-electron chi connectivity index (χ1n) is 8.49. The van der Waals surface area contributed by atoms with Crippen LogP contribution in [0.5, 0.6) is 0 Å². The van der Waals surface area contributed by atoms with Crippen molar-refractivity contribution in [2.45, 2.75) is 50.2 Å². The van der Waals surface area contributed by atoms with Gasteiger partial charge in [0.25, 0.3) is 0 Å². The first-order chi connectivity index (χ1) is 11.5. The summed E-state index contributed by atoms with van der Waals surface area (Å²) in [5, 5.41) is -0.135. The van der Waals surface area contributed by atoms with E-state index in [1.165, 1.54) is 0 Å². The van der Waals surface area contributed by atoms with Crippen LogP contribution >= 0.6 is 0 Å². The summed E-state index contributed by atoms with van der Waals surface area (Å²) in [6.07, 6.45) is 6.38. The summed E-state index contributed by atoms with van der Waals surface area (Å²) in [4.78, 5) is 10.9. The predicted octanol–water partition coefficient (Wildman–Crippen LogP) is 0.828. The molecule has 7 nitrogen and oxygen atoms in total. The normalized spacial score (nSPS) is 25.8. The van der Waals surface area contributed by atoms with Crippen molar-refractivity contribution in [2.75, 3.05) is 18.0 Å². The molecule has 0 spiro atoms. The van der Waals surface area contributed by atoms with Crippen LogP contribution in [0.2, 0.25) is 0 Å². The minimum absolute atomic E-state index is 0.135. The summed E-state index contributed by atoms with van der Waals surface area (Å²) >= 11 is 0. The van der Waals surface area contributed by atoms with Crippen LogP contribution in [0.1, 0.15) is 36.9 Å². The lowest BCUT2D eigenvalue weighted by atomic mass is 10.0. The first kappa shape index (κ1) is 16.0. The van der Waals surface area contributed by atoms with E-state index in [4.69, 9.17) is 5.73 Å². The van der Waals surface area contributed by atoms with Gasteiger partial charge in [0.2, 0.25) is 10.0 Å². The zero-order chi connectivity index (χ0) is 16.9. The summed E-state index contributed by atoms with van der Waals surface area (Å²) in [7, 11) is -3.08. The van der Waals surface area contributed by atoms with Crippen molar-refractivity contribution in [1.29, 1.82) is 0 Å². The minimum Gasteiger partial charge on any atom is -0.333 e. The van der Waals surface area contributed by atoms with Gasteiger partial charge in [0, 0.05) is 36.6 Å². The average Bonchev–Trinajstić information content (AvgIpc) is 3.40. The van der Waals surface area contributed by atoms with Crippen LogP contribution < -0.4 is 10.6 Å². The number of rotatable bonds is 3. The molecule has 4 rings (SSSR count). The SMILES string of the molecule is Cc1cc2c(cn1)N(C1CCN(S(=O)(=O)C3CC3)CC1)C(N)N=C2. The number of nitrogens with zero attached hydrogens (tertiary/aromatic N) is 4. The molecule has 3 aliphatic rings. The van der Waals surface area contributed by atoms with E-state index in [2.05, 4.69) is 14.9 Å². The quantitative estimate of drug-likeness (QED) is 0.872. The van der Waals surface area contributed by atoms with Crippen molar-refractivity contribution in [3.63, 3.8) is 0 Å². The van der Waals surface area contributed by atoms with Crippen molar-refractivity contribution in [3.8, 4) is 0 Å². The molecule has 1 unspecified atom stereocenters. The Morgan fingerprint density at radius 1 is 1.21 bits per heavy atom. The van der Waals surface area contributed by atoms with Gasteiger partial charge >= 0.3 is 0 Å². The van der Waals surface area contributed by atoms with Crippen LogP contribution in [-0.4, -0.2) is 54.6 Å². The lowest BCUT2D eigenvalue weighted by Crippen LogP contribution is -2.54. The smallest absolute Gasteiger partial charge is 0.216 e. The van der Waals surface area contributed by atoms with Gasteiger partial charge in [-0.1, -0.05) is 0 Å². The van der Waals surface area contributed by atoms with Crippen molar-refractivity contribution in [2.24, 2.45) is 10.7 Å². The summed E-state index contributed by atoms with van der Waals surface area (Å²) in [6, 6.07) is 2.19. The first-order valence-corrected chi connectivity index (χ1v) is 10.00. The second-order valence-electron chi connectivity index (χ2n) is 6.86. The number of aliphatic imine (C=N–C) groups is 1.